The number of hydrogen-bond acceptors (Lipinski definition) is 4. The molecule has 0 spiro atoms. The van der Waals surface area contributed by atoms with Gasteiger partial charge < -0.3 is 9.47 Å². The van der Waals surface area contributed by atoms with E-state index in [2.05, 4.69) is 23.1 Å². The number of methoxy groups -OCH3 is 2. The summed E-state index contributed by atoms with van der Waals surface area (Å²) in [5.74, 6) is 1.30. The molecule has 2 rings (SSSR count). The van der Waals surface area contributed by atoms with Crippen LogP contribution in [0.1, 0.15) is 26.3 Å². The monoisotopic (exact) mass is 423 g/mol. The fourth-order valence-corrected chi connectivity index (χ4v) is 1.35. The number of allylic oxidation sites excluding steroid dienone is 2. The fraction of sp³-hybridized carbons (Fsp3) is 0.300. The van der Waals surface area contributed by atoms with Crippen molar-refractivity contribution in [3.05, 3.63) is 67.0 Å². The summed E-state index contributed by atoms with van der Waals surface area (Å²) in [4.78, 5) is 7.91. The first-order chi connectivity index (χ1) is 12.6. The Kier molecular flexibility index (Phi) is 23.1. The number of rotatable bonds is 3. The van der Waals surface area contributed by atoms with E-state index >= 15 is 0 Å². The van der Waals surface area contributed by atoms with Crippen LogP contribution in [-0.2, 0) is 0 Å². The summed E-state index contributed by atoms with van der Waals surface area (Å²) in [6, 6.07) is 9.34. The topological polar surface area (TPSA) is 44.2 Å². The van der Waals surface area contributed by atoms with Gasteiger partial charge in [0.05, 0.1) is 14.2 Å². The number of halogens is 3. The molecule has 2 aromatic heterocycles. The van der Waals surface area contributed by atoms with Gasteiger partial charge in [-0.1, -0.05) is 18.2 Å². The van der Waals surface area contributed by atoms with E-state index in [1.807, 2.05) is 45.0 Å². The third-order valence-corrected chi connectivity index (χ3v) is 2.27. The molecule has 0 radical (unpaired) electrons. The van der Waals surface area contributed by atoms with Crippen LogP contribution in [0.5, 0.6) is 11.8 Å². The Morgan fingerprint density at radius 1 is 0.893 bits per heavy atom. The number of hydrogen-bond donors (Lipinski definition) is 0. The number of ether oxygens (including phenoxy) is 2. The van der Waals surface area contributed by atoms with E-state index in [0.717, 1.165) is 11.1 Å². The Labute approximate surface area is 208 Å². The van der Waals surface area contributed by atoms with Crippen molar-refractivity contribution in [2.45, 2.75) is 27.5 Å². The molecule has 0 N–H and O–H groups in total. The third kappa shape index (κ3) is 21.1. The van der Waals surface area contributed by atoms with E-state index in [-0.39, 0.29) is 51.4 Å². The van der Waals surface area contributed by atoms with Crippen LogP contribution in [0.4, 0.5) is 13.2 Å². The quantitative estimate of drug-likeness (QED) is 0.562. The maximum Gasteiger partial charge on any atom is 1.00 e. The van der Waals surface area contributed by atoms with E-state index in [4.69, 9.17) is 9.47 Å². The van der Waals surface area contributed by atoms with E-state index in [1.54, 1.807) is 32.7 Å². The van der Waals surface area contributed by atoms with Gasteiger partial charge in [0.15, 0.2) is 0 Å². The molecule has 0 atom stereocenters. The molecule has 8 heteroatoms. The van der Waals surface area contributed by atoms with Gasteiger partial charge >= 0.3 is 58.1 Å². The second-order valence-corrected chi connectivity index (χ2v) is 5.17. The summed E-state index contributed by atoms with van der Waals surface area (Å²) in [5.41, 5.74) is 3.10. The van der Waals surface area contributed by atoms with Crippen LogP contribution >= 0.6 is 0 Å². The predicted octanol–water partition coefficient (Wildman–Crippen LogP) is 2.98. The molecule has 150 valence electrons. The number of pyridine rings is 2. The van der Waals surface area contributed by atoms with Crippen molar-refractivity contribution in [3.8, 4) is 11.8 Å². The van der Waals surface area contributed by atoms with Gasteiger partial charge in [0, 0.05) is 24.0 Å². The Morgan fingerprint density at radius 2 is 1.39 bits per heavy atom. The minimum absolute atomic E-state index is 0. The second kappa shape index (κ2) is 20.5. The molecule has 0 aliphatic rings. The van der Waals surface area contributed by atoms with Crippen LogP contribution in [0.15, 0.2) is 61.5 Å². The molecule has 0 amide bonds. The standard InChI is InChI=1S/C9H11NO.C6H7NO.C4H8.CHF3.K/c1-7(2)8-5-4-6-10-9(8)11-3;1-8-6-4-2-3-5-7-6;1-4(2)3;2-1(3)4;/h4-6H,1H2,2-3H3;2-5H,1H3;1H2,2-3H3;1H;/q;;;;+1. The van der Waals surface area contributed by atoms with Crippen molar-refractivity contribution in [3.63, 3.8) is 0 Å². The summed E-state index contributed by atoms with van der Waals surface area (Å²) >= 11 is 0. The summed E-state index contributed by atoms with van der Waals surface area (Å²) in [6.07, 6.45) is 3.39. The maximum atomic E-state index is 9.67. The van der Waals surface area contributed by atoms with Crippen molar-refractivity contribution in [2.75, 3.05) is 14.2 Å². The number of alkyl halides is 3. The number of aromatic nitrogens is 2. The molecule has 4 nitrogen and oxygen atoms in total. The van der Waals surface area contributed by atoms with Crippen LogP contribution in [0, 0.1) is 0 Å². The van der Waals surface area contributed by atoms with Crippen LogP contribution in [0.2, 0.25) is 0 Å². The zero-order valence-electron chi connectivity index (χ0n) is 17.4. The van der Waals surface area contributed by atoms with Gasteiger partial charge in [0.1, 0.15) is 0 Å². The largest absolute Gasteiger partial charge is 1.00 e. The Hall–Kier alpha value is -1.19. The van der Waals surface area contributed by atoms with Gasteiger partial charge in [0.2, 0.25) is 11.8 Å². The number of nitrogens with zero attached hydrogens (tertiary/aromatic N) is 2. The summed E-state index contributed by atoms with van der Waals surface area (Å²) in [7, 11) is 3.21. The molecule has 2 heterocycles. The zero-order chi connectivity index (χ0) is 21.2. The van der Waals surface area contributed by atoms with Crippen molar-refractivity contribution < 1.29 is 74.0 Å². The molecule has 0 fully saturated rings. The maximum absolute atomic E-state index is 9.67. The first kappa shape index (κ1) is 31.5. The predicted molar refractivity (Wildman–Crippen MR) is 104 cm³/mol. The van der Waals surface area contributed by atoms with E-state index in [1.165, 1.54) is 5.57 Å². The molecule has 28 heavy (non-hydrogen) atoms. The third-order valence-electron chi connectivity index (χ3n) is 2.27. The molecular weight excluding hydrogens is 396 g/mol. The average molecular weight is 424 g/mol. The first-order valence-electron chi connectivity index (χ1n) is 7.79. The molecule has 0 saturated heterocycles. The van der Waals surface area contributed by atoms with Gasteiger partial charge in [-0.15, -0.1) is 6.58 Å². The Bertz CT molecular complexity index is 650. The van der Waals surface area contributed by atoms with E-state index < -0.39 is 6.68 Å². The van der Waals surface area contributed by atoms with E-state index in [9.17, 15) is 13.2 Å². The van der Waals surface area contributed by atoms with Crippen LogP contribution in [0.25, 0.3) is 5.57 Å². The minimum atomic E-state index is -3.67. The van der Waals surface area contributed by atoms with Gasteiger partial charge in [-0.25, -0.2) is 9.97 Å². The van der Waals surface area contributed by atoms with Crippen molar-refractivity contribution in [1.29, 1.82) is 0 Å². The molecule has 2 aromatic rings. The SMILES string of the molecule is C=C(C)C.C=C(C)c1cccnc1OC.COc1ccccn1.FC(F)F.[K+]. The fourth-order valence-electron chi connectivity index (χ4n) is 1.35. The normalized spacial score (nSPS) is 8.32. The summed E-state index contributed by atoms with van der Waals surface area (Å²) in [5, 5.41) is 0. The molecule has 0 bridgehead atoms. The van der Waals surface area contributed by atoms with Crippen LogP contribution in [-0.4, -0.2) is 30.9 Å². The summed E-state index contributed by atoms with van der Waals surface area (Å²) < 4.78 is 38.8. The second-order valence-electron chi connectivity index (χ2n) is 5.17. The van der Waals surface area contributed by atoms with Gasteiger partial charge in [-0.05, 0) is 44.5 Å². The van der Waals surface area contributed by atoms with Crippen molar-refractivity contribution in [2.24, 2.45) is 0 Å². The zero-order valence-corrected chi connectivity index (χ0v) is 20.5. The summed E-state index contributed by atoms with van der Waals surface area (Å²) in [6.45, 7) is 9.58. The first-order valence-corrected chi connectivity index (χ1v) is 7.79. The molecule has 0 saturated carbocycles. The van der Waals surface area contributed by atoms with Crippen molar-refractivity contribution >= 4 is 5.57 Å². The molecule has 0 unspecified atom stereocenters. The van der Waals surface area contributed by atoms with Gasteiger partial charge in [-0.3, -0.25) is 0 Å². The Balaban J connectivity index is -0.000000324. The van der Waals surface area contributed by atoms with Gasteiger partial charge in [0.25, 0.3) is 0 Å². The smallest absolute Gasteiger partial charge is 0.481 e. The van der Waals surface area contributed by atoms with Gasteiger partial charge in [-0.2, -0.15) is 13.2 Å². The molecule has 0 aromatic carbocycles. The molecule has 0 aliphatic carbocycles. The van der Waals surface area contributed by atoms with Crippen LogP contribution < -0.4 is 60.9 Å². The minimum Gasteiger partial charge on any atom is -0.481 e. The molecule has 0 aliphatic heterocycles. The Morgan fingerprint density at radius 3 is 1.68 bits per heavy atom. The van der Waals surface area contributed by atoms with Crippen molar-refractivity contribution in [1.82, 2.24) is 9.97 Å². The van der Waals surface area contributed by atoms with E-state index in [0.29, 0.717) is 11.8 Å². The average Bonchev–Trinajstić information content (AvgIpc) is 2.62. The molecular formula is C20H27F3KN2O2+. The van der Waals surface area contributed by atoms with Crippen LogP contribution in [0.3, 0.4) is 0 Å².